The van der Waals surface area contributed by atoms with Crippen LogP contribution in [0.3, 0.4) is 0 Å². The van der Waals surface area contributed by atoms with Crippen molar-refractivity contribution in [1.29, 1.82) is 0 Å². The second-order valence-corrected chi connectivity index (χ2v) is 6.75. The minimum absolute atomic E-state index is 0. The Labute approximate surface area is 172 Å². The highest BCUT2D eigenvalue weighted by molar-refractivity contribution is 14.0. The van der Waals surface area contributed by atoms with E-state index < -0.39 is 0 Å². The zero-order chi connectivity index (χ0) is 17.5. The Morgan fingerprint density at radius 3 is 2.62 bits per heavy atom. The Morgan fingerprint density at radius 1 is 1.19 bits per heavy atom. The van der Waals surface area contributed by atoms with Crippen molar-refractivity contribution in [2.75, 3.05) is 6.54 Å². The molecule has 0 amide bonds. The highest BCUT2D eigenvalue weighted by atomic mass is 127. The van der Waals surface area contributed by atoms with Crippen molar-refractivity contribution in [1.82, 2.24) is 25.4 Å². The first-order valence-electron chi connectivity index (χ1n) is 9.25. The minimum atomic E-state index is 0. The topological polar surface area (TPSA) is 67.1 Å². The van der Waals surface area contributed by atoms with Crippen molar-refractivity contribution >= 4 is 29.9 Å². The van der Waals surface area contributed by atoms with Gasteiger partial charge in [-0.15, -0.1) is 34.2 Å². The van der Waals surface area contributed by atoms with Crippen molar-refractivity contribution in [3.8, 4) is 5.69 Å². The Balaban J connectivity index is 0.00000243. The number of benzene rings is 1. The van der Waals surface area contributed by atoms with Crippen LogP contribution in [0.25, 0.3) is 5.69 Å². The molecule has 0 aliphatic heterocycles. The smallest absolute Gasteiger partial charge is 0.191 e. The Hall–Kier alpha value is -1.64. The van der Waals surface area contributed by atoms with Gasteiger partial charge in [0.05, 0.1) is 0 Å². The monoisotopic (exact) mass is 468 g/mol. The summed E-state index contributed by atoms with van der Waals surface area (Å²) in [5, 5.41) is 15.2. The van der Waals surface area contributed by atoms with Gasteiger partial charge in [-0.05, 0) is 50.7 Å². The molecule has 1 aliphatic rings. The van der Waals surface area contributed by atoms with E-state index in [1.807, 2.05) is 34.9 Å². The number of nitrogens with zero attached hydrogens (tertiary/aromatic N) is 4. The van der Waals surface area contributed by atoms with E-state index in [9.17, 15) is 0 Å². The number of hydrogen-bond acceptors (Lipinski definition) is 3. The molecule has 0 atom stereocenters. The van der Waals surface area contributed by atoms with Crippen LogP contribution in [-0.2, 0) is 6.54 Å². The molecule has 1 aromatic carbocycles. The Bertz CT molecular complexity index is 676. The van der Waals surface area contributed by atoms with Crippen LogP contribution in [0.5, 0.6) is 0 Å². The fourth-order valence-electron chi connectivity index (χ4n) is 3.24. The third-order valence-corrected chi connectivity index (χ3v) is 4.73. The fourth-order valence-corrected chi connectivity index (χ4v) is 3.24. The van der Waals surface area contributed by atoms with Crippen molar-refractivity contribution in [2.45, 2.75) is 52.1 Å². The second kappa shape index (κ2) is 10.5. The summed E-state index contributed by atoms with van der Waals surface area (Å²) in [5.41, 5.74) is 1.05. The zero-order valence-electron chi connectivity index (χ0n) is 15.6. The Morgan fingerprint density at radius 2 is 1.92 bits per heavy atom. The molecule has 142 valence electrons. The van der Waals surface area contributed by atoms with Crippen molar-refractivity contribution in [3.63, 3.8) is 0 Å². The summed E-state index contributed by atoms with van der Waals surface area (Å²) in [6.07, 6.45) is 6.75. The lowest BCUT2D eigenvalue weighted by Gasteiger charge is -2.28. The van der Waals surface area contributed by atoms with Gasteiger partial charge >= 0.3 is 0 Å². The van der Waals surface area contributed by atoms with Crippen LogP contribution in [0.2, 0.25) is 0 Å². The van der Waals surface area contributed by atoms with Gasteiger partial charge in [-0.25, -0.2) is 4.99 Å². The molecule has 7 heteroatoms. The third-order valence-electron chi connectivity index (χ3n) is 4.73. The van der Waals surface area contributed by atoms with Crippen LogP contribution >= 0.6 is 24.0 Å². The standard InChI is InChI=1S/C19H28N6.HI/c1-3-20-19(23-16-11-9-15(2)10-12-16)21-13-18-24-22-14-25(18)17-7-5-4-6-8-17;/h4-8,14-16H,3,9-13H2,1-2H3,(H2,20,21,23);1H. The molecule has 0 spiro atoms. The summed E-state index contributed by atoms with van der Waals surface area (Å²) in [7, 11) is 0. The molecule has 2 N–H and O–H groups in total. The summed E-state index contributed by atoms with van der Waals surface area (Å²) < 4.78 is 1.98. The van der Waals surface area contributed by atoms with Gasteiger partial charge in [0.15, 0.2) is 11.8 Å². The van der Waals surface area contributed by atoms with E-state index in [-0.39, 0.29) is 24.0 Å². The maximum atomic E-state index is 4.73. The summed E-state index contributed by atoms with van der Waals surface area (Å²) in [6, 6.07) is 10.6. The van der Waals surface area contributed by atoms with Crippen LogP contribution < -0.4 is 10.6 Å². The first-order chi connectivity index (χ1) is 12.3. The average molecular weight is 468 g/mol. The number of hydrogen-bond donors (Lipinski definition) is 2. The highest BCUT2D eigenvalue weighted by Gasteiger charge is 2.19. The summed E-state index contributed by atoms with van der Waals surface area (Å²) in [5.74, 6) is 2.55. The number of para-hydroxylation sites is 1. The molecule has 0 radical (unpaired) electrons. The maximum absolute atomic E-state index is 4.73. The molecule has 26 heavy (non-hydrogen) atoms. The van der Waals surface area contributed by atoms with E-state index in [1.165, 1.54) is 25.7 Å². The molecule has 0 saturated heterocycles. The molecule has 0 unspecified atom stereocenters. The lowest BCUT2D eigenvalue weighted by molar-refractivity contribution is 0.329. The van der Waals surface area contributed by atoms with Gasteiger partial charge in [-0.3, -0.25) is 4.57 Å². The lowest BCUT2D eigenvalue weighted by Crippen LogP contribution is -2.44. The van der Waals surface area contributed by atoms with Gasteiger partial charge in [0.1, 0.15) is 12.9 Å². The fraction of sp³-hybridized carbons (Fsp3) is 0.526. The minimum Gasteiger partial charge on any atom is -0.357 e. The summed E-state index contributed by atoms with van der Waals surface area (Å²) in [6.45, 7) is 5.77. The van der Waals surface area contributed by atoms with Gasteiger partial charge in [0, 0.05) is 18.3 Å². The molecule has 1 saturated carbocycles. The molecule has 1 heterocycles. The van der Waals surface area contributed by atoms with Crippen molar-refractivity contribution in [3.05, 3.63) is 42.5 Å². The number of rotatable bonds is 5. The quantitative estimate of drug-likeness (QED) is 0.401. The summed E-state index contributed by atoms with van der Waals surface area (Å²) >= 11 is 0. The molecule has 3 rings (SSSR count). The molecule has 1 aromatic heterocycles. The maximum Gasteiger partial charge on any atom is 0.191 e. The van der Waals surface area contributed by atoms with E-state index in [1.54, 1.807) is 6.33 Å². The molecular weight excluding hydrogens is 439 g/mol. The SMILES string of the molecule is CCNC(=NCc1nncn1-c1ccccc1)NC1CCC(C)CC1.I. The van der Waals surface area contributed by atoms with E-state index in [0.29, 0.717) is 12.6 Å². The summed E-state index contributed by atoms with van der Waals surface area (Å²) in [4.78, 5) is 4.73. The molecule has 2 aromatic rings. The predicted molar refractivity (Wildman–Crippen MR) is 116 cm³/mol. The number of guanidine groups is 1. The van der Waals surface area contributed by atoms with Gasteiger partial charge in [-0.1, -0.05) is 25.1 Å². The number of aromatic nitrogens is 3. The van der Waals surface area contributed by atoms with E-state index in [2.05, 4.69) is 34.7 Å². The average Bonchev–Trinajstić information content (AvgIpc) is 3.11. The number of nitrogens with one attached hydrogen (secondary N) is 2. The van der Waals surface area contributed by atoms with Crippen LogP contribution in [0.4, 0.5) is 0 Å². The van der Waals surface area contributed by atoms with Crippen LogP contribution in [0, 0.1) is 5.92 Å². The van der Waals surface area contributed by atoms with E-state index in [0.717, 1.165) is 29.9 Å². The first-order valence-corrected chi connectivity index (χ1v) is 9.25. The number of aliphatic imine (C=N–C) groups is 1. The molecule has 0 bridgehead atoms. The van der Waals surface area contributed by atoms with Gasteiger partial charge in [0.2, 0.25) is 0 Å². The highest BCUT2D eigenvalue weighted by Crippen LogP contribution is 2.23. The third kappa shape index (κ3) is 5.69. The van der Waals surface area contributed by atoms with Crippen molar-refractivity contribution < 1.29 is 0 Å². The zero-order valence-corrected chi connectivity index (χ0v) is 17.9. The van der Waals surface area contributed by atoms with E-state index in [4.69, 9.17) is 4.99 Å². The lowest BCUT2D eigenvalue weighted by atomic mass is 9.87. The predicted octanol–water partition coefficient (Wildman–Crippen LogP) is 3.52. The molecular formula is C19H29IN6. The van der Waals surface area contributed by atoms with Crippen LogP contribution in [0.15, 0.2) is 41.7 Å². The number of halogens is 1. The van der Waals surface area contributed by atoms with Gasteiger partial charge in [0.25, 0.3) is 0 Å². The molecule has 6 nitrogen and oxygen atoms in total. The largest absolute Gasteiger partial charge is 0.357 e. The second-order valence-electron chi connectivity index (χ2n) is 6.75. The van der Waals surface area contributed by atoms with Gasteiger partial charge in [-0.2, -0.15) is 0 Å². The normalized spacial score (nSPS) is 20.3. The van der Waals surface area contributed by atoms with E-state index >= 15 is 0 Å². The molecule has 1 fully saturated rings. The van der Waals surface area contributed by atoms with Crippen LogP contribution in [-0.4, -0.2) is 33.3 Å². The van der Waals surface area contributed by atoms with Crippen LogP contribution in [0.1, 0.15) is 45.4 Å². The van der Waals surface area contributed by atoms with Crippen molar-refractivity contribution in [2.24, 2.45) is 10.9 Å². The van der Waals surface area contributed by atoms with Gasteiger partial charge < -0.3 is 10.6 Å². The molecule has 1 aliphatic carbocycles. The first kappa shape index (κ1) is 20.7. The Kier molecular flexibility index (Phi) is 8.34.